The van der Waals surface area contributed by atoms with Crippen LogP contribution in [0.2, 0.25) is 0 Å². The number of rotatable bonds is 6. The molecule has 0 aliphatic heterocycles. The maximum absolute atomic E-state index is 11.4. The third-order valence-electron chi connectivity index (χ3n) is 2.94. The standard InChI is InChI=1S/C11H21NO4/c1-14-6-3-7-16-9-4-5-11(12,8-9)10(13)15-2/h9H,3-8,12H2,1-2H3. The van der Waals surface area contributed by atoms with Crippen LogP contribution in [0.4, 0.5) is 0 Å². The number of carbonyl (C=O) groups excluding carboxylic acids is 1. The van der Waals surface area contributed by atoms with Crippen LogP contribution in [-0.4, -0.2) is 45.0 Å². The molecule has 0 heterocycles. The van der Waals surface area contributed by atoms with E-state index in [-0.39, 0.29) is 12.1 Å². The van der Waals surface area contributed by atoms with Crippen molar-refractivity contribution in [2.75, 3.05) is 27.4 Å². The summed E-state index contributed by atoms with van der Waals surface area (Å²) in [4.78, 5) is 11.4. The minimum atomic E-state index is -0.847. The van der Waals surface area contributed by atoms with Crippen LogP contribution >= 0.6 is 0 Å². The first-order valence-corrected chi connectivity index (χ1v) is 5.60. The Morgan fingerprint density at radius 1 is 1.44 bits per heavy atom. The predicted octanol–water partition coefficient (Wildman–Crippen LogP) is 0.463. The monoisotopic (exact) mass is 231 g/mol. The molecule has 0 saturated heterocycles. The van der Waals surface area contributed by atoms with E-state index in [0.717, 1.165) is 12.8 Å². The average Bonchev–Trinajstić information content (AvgIpc) is 2.67. The van der Waals surface area contributed by atoms with E-state index >= 15 is 0 Å². The summed E-state index contributed by atoms with van der Waals surface area (Å²) >= 11 is 0. The predicted molar refractivity (Wildman–Crippen MR) is 59.0 cm³/mol. The molecule has 1 rings (SSSR count). The Labute approximate surface area is 96.2 Å². The zero-order valence-corrected chi connectivity index (χ0v) is 10.0. The van der Waals surface area contributed by atoms with Gasteiger partial charge in [0, 0.05) is 26.7 Å². The second-order valence-electron chi connectivity index (χ2n) is 4.23. The van der Waals surface area contributed by atoms with Crippen LogP contribution in [0.1, 0.15) is 25.7 Å². The Morgan fingerprint density at radius 2 is 2.19 bits per heavy atom. The van der Waals surface area contributed by atoms with E-state index in [9.17, 15) is 4.79 Å². The number of carbonyl (C=O) groups is 1. The molecule has 2 unspecified atom stereocenters. The number of methoxy groups -OCH3 is 2. The van der Waals surface area contributed by atoms with Crippen LogP contribution in [0, 0.1) is 0 Å². The van der Waals surface area contributed by atoms with Gasteiger partial charge in [0.05, 0.1) is 13.2 Å². The van der Waals surface area contributed by atoms with Crippen LogP contribution in [-0.2, 0) is 19.0 Å². The van der Waals surface area contributed by atoms with Crippen molar-refractivity contribution in [3.63, 3.8) is 0 Å². The Bertz CT molecular complexity index is 234. The van der Waals surface area contributed by atoms with E-state index in [1.54, 1.807) is 7.11 Å². The highest BCUT2D eigenvalue weighted by Gasteiger charge is 2.43. The molecule has 1 aliphatic rings. The molecule has 2 N–H and O–H groups in total. The van der Waals surface area contributed by atoms with Crippen molar-refractivity contribution in [2.24, 2.45) is 5.73 Å². The molecule has 0 spiro atoms. The molecule has 2 atom stereocenters. The molecule has 0 radical (unpaired) electrons. The van der Waals surface area contributed by atoms with Crippen LogP contribution in [0.25, 0.3) is 0 Å². The van der Waals surface area contributed by atoms with E-state index in [2.05, 4.69) is 4.74 Å². The molecule has 94 valence electrons. The summed E-state index contributed by atoms with van der Waals surface area (Å²) in [5.41, 5.74) is 5.11. The summed E-state index contributed by atoms with van der Waals surface area (Å²) in [5, 5.41) is 0. The minimum absolute atomic E-state index is 0.0703. The number of esters is 1. The summed E-state index contributed by atoms with van der Waals surface area (Å²) in [7, 11) is 3.03. The van der Waals surface area contributed by atoms with Crippen LogP contribution in [0.15, 0.2) is 0 Å². The fraction of sp³-hybridized carbons (Fsp3) is 0.909. The molecular formula is C11H21NO4. The van der Waals surface area contributed by atoms with Gasteiger partial charge in [0.1, 0.15) is 5.54 Å². The SMILES string of the molecule is COCCCOC1CCC(N)(C(=O)OC)C1. The van der Waals surface area contributed by atoms with Crippen molar-refractivity contribution in [1.82, 2.24) is 0 Å². The normalized spacial score (nSPS) is 29.3. The Balaban J connectivity index is 2.26. The molecule has 5 nitrogen and oxygen atoms in total. The lowest BCUT2D eigenvalue weighted by atomic mass is 10.00. The Morgan fingerprint density at radius 3 is 2.81 bits per heavy atom. The van der Waals surface area contributed by atoms with E-state index in [4.69, 9.17) is 15.2 Å². The lowest BCUT2D eigenvalue weighted by molar-refractivity contribution is -0.147. The van der Waals surface area contributed by atoms with Gasteiger partial charge in [-0.3, -0.25) is 4.79 Å². The molecule has 16 heavy (non-hydrogen) atoms. The van der Waals surface area contributed by atoms with Crippen molar-refractivity contribution >= 4 is 5.97 Å². The van der Waals surface area contributed by atoms with Crippen LogP contribution in [0.3, 0.4) is 0 Å². The van der Waals surface area contributed by atoms with E-state index in [1.165, 1.54) is 7.11 Å². The summed E-state index contributed by atoms with van der Waals surface area (Å²) in [5.74, 6) is -0.338. The third-order valence-corrected chi connectivity index (χ3v) is 2.94. The lowest BCUT2D eigenvalue weighted by Crippen LogP contribution is -2.46. The second-order valence-corrected chi connectivity index (χ2v) is 4.23. The fourth-order valence-corrected chi connectivity index (χ4v) is 2.01. The highest BCUT2D eigenvalue weighted by Crippen LogP contribution is 2.30. The van der Waals surface area contributed by atoms with Crippen LogP contribution < -0.4 is 5.73 Å². The average molecular weight is 231 g/mol. The topological polar surface area (TPSA) is 70.8 Å². The largest absolute Gasteiger partial charge is 0.468 e. The van der Waals surface area contributed by atoms with Gasteiger partial charge in [-0.05, 0) is 19.3 Å². The number of hydrogen-bond donors (Lipinski definition) is 1. The summed E-state index contributed by atoms with van der Waals surface area (Å²) in [6.07, 6.45) is 2.93. The summed E-state index contributed by atoms with van der Waals surface area (Å²) < 4.78 is 15.2. The summed E-state index contributed by atoms with van der Waals surface area (Å²) in [6, 6.07) is 0. The van der Waals surface area contributed by atoms with Gasteiger partial charge in [0.25, 0.3) is 0 Å². The minimum Gasteiger partial charge on any atom is -0.468 e. The molecule has 1 fully saturated rings. The van der Waals surface area contributed by atoms with Gasteiger partial charge in [-0.15, -0.1) is 0 Å². The molecule has 0 aromatic rings. The van der Waals surface area contributed by atoms with Gasteiger partial charge in [0.15, 0.2) is 0 Å². The zero-order chi connectivity index (χ0) is 12.0. The van der Waals surface area contributed by atoms with Gasteiger partial charge in [0.2, 0.25) is 0 Å². The maximum Gasteiger partial charge on any atom is 0.325 e. The highest BCUT2D eigenvalue weighted by atomic mass is 16.5. The van der Waals surface area contributed by atoms with Crippen molar-refractivity contribution in [2.45, 2.75) is 37.3 Å². The Kier molecular flexibility index (Phi) is 5.18. The molecule has 0 aromatic carbocycles. The molecule has 1 aliphatic carbocycles. The number of hydrogen-bond acceptors (Lipinski definition) is 5. The summed E-state index contributed by atoms with van der Waals surface area (Å²) in [6.45, 7) is 1.34. The van der Waals surface area contributed by atoms with Crippen molar-refractivity contribution in [3.8, 4) is 0 Å². The molecule has 1 saturated carbocycles. The van der Waals surface area contributed by atoms with Gasteiger partial charge in [-0.1, -0.05) is 0 Å². The van der Waals surface area contributed by atoms with Crippen molar-refractivity contribution < 1.29 is 19.0 Å². The quantitative estimate of drug-likeness (QED) is 0.531. The van der Waals surface area contributed by atoms with Crippen molar-refractivity contribution in [3.05, 3.63) is 0 Å². The van der Waals surface area contributed by atoms with Crippen LogP contribution in [0.5, 0.6) is 0 Å². The van der Waals surface area contributed by atoms with Gasteiger partial charge in [-0.2, -0.15) is 0 Å². The van der Waals surface area contributed by atoms with Gasteiger partial charge < -0.3 is 19.9 Å². The molecule has 0 aromatic heterocycles. The molecule has 0 bridgehead atoms. The smallest absolute Gasteiger partial charge is 0.325 e. The maximum atomic E-state index is 11.4. The zero-order valence-electron chi connectivity index (χ0n) is 10.0. The fourth-order valence-electron chi connectivity index (χ4n) is 2.01. The van der Waals surface area contributed by atoms with Gasteiger partial charge in [-0.25, -0.2) is 0 Å². The molecular weight excluding hydrogens is 210 g/mol. The lowest BCUT2D eigenvalue weighted by Gasteiger charge is -2.20. The number of nitrogens with two attached hydrogens (primary N) is 1. The molecule has 0 amide bonds. The van der Waals surface area contributed by atoms with E-state index < -0.39 is 5.54 Å². The first-order valence-electron chi connectivity index (χ1n) is 5.60. The van der Waals surface area contributed by atoms with E-state index in [1.807, 2.05) is 0 Å². The van der Waals surface area contributed by atoms with E-state index in [0.29, 0.717) is 26.1 Å². The molecule has 5 heteroatoms. The van der Waals surface area contributed by atoms with Crippen molar-refractivity contribution in [1.29, 1.82) is 0 Å². The first-order chi connectivity index (χ1) is 7.62. The van der Waals surface area contributed by atoms with Gasteiger partial charge >= 0.3 is 5.97 Å². The second kappa shape index (κ2) is 6.18. The first kappa shape index (κ1) is 13.4. The third kappa shape index (κ3) is 3.43. The Hall–Kier alpha value is -0.650. The number of ether oxygens (including phenoxy) is 3. The highest BCUT2D eigenvalue weighted by molar-refractivity contribution is 5.80.